The van der Waals surface area contributed by atoms with E-state index in [0.29, 0.717) is 5.92 Å². The average Bonchev–Trinajstić information content (AvgIpc) is 3.23. The minimum atomic E-state index is -0.282. The first kappa shape index (κ1) is 20.2. The number of ether oxygens (including phenoxy) is 1. The molecule has 0 amide bonds. The molecule has 1 spiro atoms. The first-order valence-electron chi connectivity index (χ1n) is 12.0. The molecular formula is C27H35NO2. The van der Waals surface area contributed by atoms with Crippen molar-refractivity contribution in [2.45, 2.75) is 93.7 Å². The zero-order valence-corrected chi connectivity index (χ0v) is 18.1. The lowest BCUT2D eigenvalue weighted by molar-refractivity contribution is -0.105. The van der Waals surface area contributed by atoms with Crippen molar-refractivity contribution < 1.29 is 9.84 Å². The van der Waals surface area contributed by atoms with E-state index in [4.69, 9.17) is 9.72 Å². The van der Waals surface area contributed by atoms with Gasteiger partial charge in [0.1, 0.15) is 0 Å². The summed E-state index contributed by atoms with van der Waals surface area (Å²) in [6.07, 6.45) is 14.5. The third-order valence-electron chi connectivity index (χ3n) is 8.16. The van der Waals surface area contributed by atoms with Gasteiger partial charge in [-0.1, -0.05) is 49.6 Å². The zero-order valence-electron chi connectivity index (χ0n) is 18.1. The molecule has 160 valence electrons. The van der Waals surface area contributed by atoms with E-state index in [0.717, 1.165) is 37.9 Å². The molecule has 1 aliphatic heterocycles. The third-order valence-corrected chi connectivity index (χ3v) is 8.16. The normalized spacial score (nSPS) is 30.3. The Morgan fingerprint density at radius 1 is 0.967 bits per heavy atom. The van der Waals surface area contributed by atoms with Crippen LogP contribution in [-0.4, -0.2) is 22.3 Å². The van der Waals surface area contributed by atoms with Crippen molar-refractivity contribution in [2.24, 2.45) is 0 Å². The molecule has 2 fully saturated rings. The van der Waals surface area contributed by atoms with Gasteiger partial charge in [-0.2, -0.15) is 0 Å². The third kappa shape index (κ3) is 3.83. The predicted molar refractivity (Wildman–Crippen MR) is 120 cm³/mol. The first-order valence-corrected chi connectivity index (χ1v) is 12.0. The number of aliphatic hydroxyl groups is 1. The molecule has 30 heavy (non-hydrogen) atoms. The van der Waals surface area contributed by atoms with Crippen LogP contribution in [0.15, 0.2) is 48.7 Å². The van der Waals surface area contributed by atoms with Crippen LogP contribution in [0.2, 0.25) is 0 Å². The lowest BCUT2D eigenvalue weighted by atomic mass is 9.66. The molecule has 3 nitrogen and oxygen atoms in total. The van der Waals surface area contributed by atoms with Gasteiger partial charge in [0, 0.05) is 23.9 Å². The number of benzene rings is 1. The molecule has 0 radical (unpaired) electrons. The number of pyridine rings is 1. The Bertz CT molecular complexity index is 845. The van der Waals surface area contributed by atoms with Crippen LogP contribution in [0.3, 0.4) is 0 Å². The molecule has 1 aromatic heterocycles. The molecule has 2 aromatic rings. The quantitative estimate of drug-likeness (QED) is 0.642. The van der Waals surface area contributed by atoms with E-state index < -0.39 is 0 Å². The highest BCUT2D eigenvalue weighted by Gasteiger charge is 2.48. The van der Waals surface area contributed by atoms with Gasteiger partial charge in [-0.05, 0) is 80.5 Å². The molecule has 1 N–H and O–H groups in total. The van der Waals surface area contributed by atoms with Gasteiger partial charge >= 0.3 is 0 Å². The summed E-state index contributed by atoms with van der Waals surface area (Å²) < 4.78 is 6.40. The molecular weight excluding hydrogens is 370 g/mol. The van der Waals surface area contributed by atoms with Crippen LogP contribution < -0.4 is 0 Å². The van der Waals surface area contributed by atoms with Crippen LogP contribution in [0.4, 0.5) is 0 Å². The van der Waals surface area contributed by atoms with Crippen molar-refractivity contribution in [3.63, 3.8) is 0 Å². The van der Waals surface area contributed by atoms with E-state index >= 15 is 0 Å². The zero-order chi connectivity index (χ0) is 20.4. The second-order valence-corrected chi connectivity index (χ2v) is 9.97. The Kier molecular flexibility index (Phi) is 5.68. The molecule has 3 atom stereocenters. The fourth-order valence-electron chi connectivity index (χ4n) is 6.64. The Balaban J connectivity index is 1.34. The van der Waals surface area contributed by atoms with Gasteiger partial charge in [-0.15, -0.1) is 0 Å². The highest BCUT2D eigenvalue weighted by Crippen LogP contribution is 2.51. The Labute approximate surface area is 180 Å². The number of aromatic nitrogens is 1. The second-order valence-electron chi connectivity index (χ2n) is 9.97. The molecule has 0 unspecified atom stereocenters. The van der Waals surface area contributed by atoms with Gasteiger partial charge in [0.15, 0.2) is 0 Å². The summed E-state index contributed by atoms with van der Waals surface area (Å²) in [5.74, 6) is 0.575. The molecule has 2 aliphatic carbocycles. The van der Waals surface area contributed by atoms with E-state index in [1.54, 1.807) is 0 Å². The minimum absolute atomic E-state index is 0.0946. The van der Waals surface area contributed by atoms with E-state index in [1.165, 1.54) is 56.2 Å². The van der Waals surface area contributed by atoms with Crippen LogP contribution in [-0.2, 0) is 10.2 Å². The van der Waals surface area contributed by atoms with E-state index in [-0.39, 0.29) is 17.1 Å². The molecule has 5 rings (SSSR count). The Morgan fingerprint density at radius 3 is 2.57 bits per heavy atom. The van der Waals surface area contributed by atoms with Crippen LogP contribution in [0.1, 0.15) is 99.5 Å². The summed E-state index contributed by atoms with van der Waals surface area (Å²) in [4.78, 5) is 4.85. The van der Waals surface area contributed by atoms with Gasteiger partial charge in [0.05, 0.1) is 11.7 Å². The highest BCUT2D eigenvalue weighted by molar-refractivity contribution is 5.34. The number of hydrogen-bond donors (Lipinski definition) is 1. The molecule has 1 saturated carbocycles. The molecule has 3 heteroatoms. The van der Waals surface area contributed by atoms with Crippen molar-refractivity contribution in [1.29, 1.82) is 0 Å². The summed E-state index contributed by atoms with van der Waals surface area (Å²) in [7, 11) is 0. The van der Waals surface area contributed by atoms with Crippen molar-refractivity contribution >= 4 is 0 Å². The molecule has 0 bridgehead atoms. The first-order chi connectivity index (χ1) is 14.7. The number of rotatable bonds is 5. The van der Waals surface area contributed by atoms with Crippen molar-refractivity contribution in [2.75, 3.05) is 6.61 Å². The topological polar surface area (TPSA) is 42.4 Å². The summed E-state index contributed by atoms with van der Waals surface area (Å²) in [6.45, 7) is 0.870. The monoisotopic (exact) mass is 405 g/mol. The average molecular weight is 406 g/mol. The Hall–Kier alpha value is -1.71. The van der Waals surface area contributed by atoms with Gasteiger partial charge in [0.25, 0.3) is 0 Å². The van der Waals surface area contributed by atoms with Gasteiger partial charge in [-0.25, -0.2) is 0 Å². The maximum atomic E-state index is 10.4. The lowest BCUT2D eigenvalue weighted by Gasteiger charge is -2.46. The number of hydrogen-bond acceptors (Lipinski definition) is 3. The van der Waals surface area contributed by atoms with Crippen LogP contribution in [0.25, 0.3) is 0 Å². The fourth-order valence-corrected chi connectivity index (χ4v) is 6.64. The minimum Gasteiger partial charge on any atom is -0.388 e. The van der Waals surface area contributed by atoms with Crippen LogP contribution in [0.5, 0.6) is 0 Å². The SMILES string of the molecule is O[C@@H]1CC[C@H](CCC[C@@]2(c3ccccn3)CCOC3(CCCC3)C2)c2ccccc21. The van der Waals surface area contributed by atoms with Crippen LogP contribution in [0, 0.1) is 0 Å². The van der Waals surface area contributed by atoms with Crippen molar-refractivity contribution in [1.82, 2.24) is 4.98 Å². The molecule has 1 aromatic carbocycles. The van der Waals surface area contributed by atoms with E-state index in [9.17, 15) is 5.11 Å². The van der Waals surface area contributed by atoms with Gasteiger partial charge in [0.2, 0.25) is 0 Å². The van der Waals surface area contributed by atoms with Crippen molar-refractivity contribution in [3.05, 3.63) is 65.5 Å². The summed E-state index contributed by atoms with van der Waals surface area (Å²) in [5.41, 5.74) is 4.06. The summed E-state index contributed by atoms with van der Waals surface area (Å²) >= 11 is 0. The van der Waals surface area contributed by atoms with Gasteiger partial charge < -0.3 is 9.84 Å². The summed E-state index contributed by atoms with van der Waals surface area (Å²) in [6, 6.07) is 15.0. The molecule has 2 heterocycles. The smallest absolute Gasteiger partial charge is 0.0793 e. The number of fused-ring (bicyclic) bond motifs is 1. The van der Waals surface area contributed by atoms with Gasteiger partial charge in [-0.3, -0.25) is 4.98 Å². The fraction of sp³-hybridized carbons (Fsp3) is 0.593. The predicted octanol–water partition coefficient (Wildman–Crippen LogP) is 6.22. The Morgan fingerprint density at radius 2 is 1.77 bits per heavy atom. The maximum Gasteiger partial charge on any atom is 0.0793 e. The van der Waals surface area contributed by atoms with Crippen molar-refractivity contribution in [3.8, 4) is 0 Å². The molecule has 3 aliphatic rings. The van der Waals surface area contributed by atoms with Crippen LogP contribution >= 0.6 is 0 Å². The maximum absolute atomic E-state index is 10.4. The number of aliphatic hydroxyl groups excluding tert-OH is 1. The van der Waals surface area contributed by atoms with E-state index in [2.05, 4.69) is 36.4 Å². The number of nitrogens with zero attached hydrogens (tertiary/aromatic N) is 1. The lowest BCUT2D eigenvalue weighted by Crippen LogP contribution is -2.46. The van der Waals surface area contributed by atoms with E-state index in [1.807, 2.05) is 12.3 Å². The second kappa shape index (κ2) is 8.43. The molecule has 1 saturated heterocycles. The largest absolute Gasteiger partial charge is 0.388 e. The summed E-state index contributed by atoms with van der Waals surface area (Å²) in [5, 5.41) is 10.4. The standard InChI is InChI=1S/C27H35NO2/c29-24-13-12-21(22-9-1-2-10-23(22)24)8-7-14-26(25-11-3-6-18-28-25)17-19-30-27(20-26)15-4-5-16-27/h1-3,6,9-11,18,21,24,29H,4-5,7-8,12-17,19-20H2/t21-,24+,26+/m0/s1. The highest BCUT2D eigenvalue weighted by atomic mass is 16.5.